The zero-order valence-corrected chi connectivity index (χ0v) is 9.31. The van der Waals surface area contributed by atoms with Crippen LogP contribution in [0.1, 0.15) is 17.7 Å². The van der Waals surface area contributed by atoms with Crippen LogP contribution in [0.3, 0.4) is 0 Å². The van der Waals surface area contributed by atoms with Crippen LogP contribution < -0.4 is 0 Å². The van der Waals surface area contributed by atoms with E-state index < -0.39 is 6.43 Å². The molecule has 2 rings (SSSR count). The number of hydrogen-bond acceptors (Lipinski definition) is 2. The van der Waals surface area contributed by atoms with Gasteiger partial charge in [-0.15, -0.1) is 0 Å². The number of halogens is 2. The monoisotopic (exact) mass is 238 g/mol. The van der Waals surface area contributed by atoms with Crippen LogP contribution in [0.2, 0.25) is 0 Å². The van der Waals surface area contributed by atoms with E-state index in [-0.39, 0.29) is 5.56 Å². The van der Waals surface area contributed by atoms with Crippen molar-refractivity contribution in [1.29, 1.82) is 0 Å². The standard InChI is InChI=1S/C12H12F2N2O/c1-17-8-9-6-7-15-16(9)11-5-3-2-4-10(11)12(13)14/h2-7,12H,8H2,1H3. The van der Waals surface area contributed by atoms with Crippen molar-refractivity contribution in [2.45, 2.75) is 13.0 Å². The van der Waals surface area contributed by atoms with E-state index in [0.29, 0.717) is 12.3 Å². The van der Waals surface area contributed by atoms with E-state index in [1.807, 2.05) is 0 Å². The molecule has 0 atom stereocenters. The third kappa shape index (κ3) is 2.34. The molecule has 3 nitrogen and oxygen atoms in total. The summed E-state index contributed by atoms with van der Waals surface area (Å²) in [5.41, 5.74) is 1.09. The van der Waals surface area contributed by atoms with Gasteiger partial charge in [0.05, 0.1) is 18.0 Å². The van der Waals surface area contributed by atoms with Crippen LogP contribution in [0, 0.1) is 0 Å². The molecule has 0 aliphatic heterocycles. The largest absolute Gasteiger partial charge is 0.378 e. The first-order valence-corrected chi connectivity index (χ1v) is 5.13. The van der Waals surface area contributed by atoms with Crippen molar-refractivity contribution in [3.8, 4) is 5.69 Å². The van der Waals surface area contributed by atoms with E-state index in [1.54, 1.807) is 37.6 Å². The first-order valence-electron chi connectivity index (χ1n) is 5.13. The highest BCUT2D eigenvalue weighted by Gasteiger charge is 2.15. The Hall–Kier alpha value is -1.75. The number of nitrogens with zero attached hydrogens (tertiary/aromatic N) is 2. The predicted molar refractivity (Wildman–Crippen MR) is 59.2 cm³/mol. The smallest absolute Gasteiger partial charge is 0.265 e. The molecule has 0 aliphatic carbocycles. The Morgan fingerprint density at radius 1 is 1.29 bits per heavy atom. The van der Waals surface area contributed by atoms with Gasteiger partial charge < -0.3 is 4.74 Å². The molecule has 0 saturated carbocycles. The SMILES string of the molecule is COCc1ccnn1-c1ccccc1C(F)F. The number of para-hydroxylation sites is 1. The molecule has 0 unspecified atom stereocenters. The van der Waals surface area contributed by atoms with E-state index >= 15 is 0 Å². The van der Waals surface area contributed by atoms with Crippen molar-refractivity contribution in [2.24, 2.45) is 0 Å². The number of rotatable bonds is 4. The Balaban J connectivity index is 2.48. The van der Waals surface area contributed by atoms with Gasteiger partial charge in [0.1, 0.15) is 0 Å². The quantitative estimate of drug-likeness (QED) is 0.818. The van der Waals surface area contributed by atoms with Gasteiger partial charge in [-0.2, -0.15) is 5.10 Å². The fraction of sp³-hybridized carbons (Fsp3) is 0.250. The van der Waals surface area contributed by atoms with Crippen LogP contribution in [0.15, 0.2) is 36.5 Å². The zero-order chi connectivity index (χ0) is 12.3. The van der Waals surface area contributed by atoms with Crippen LogP contribution >= 0.6 is 0 Å². The zero-order valence-electron chi connectivity index (χ0n) is 9.31. The average Bonchev–Trinajstić information content (AvgIpc) is 2.77. The molecule has 0 fully saturated rings. The van der Waals surface area contributed by atoms with E-state index in [4.69, 9.17) is 4.74 Å². The van der Waals surface area contributed by atoms with Crippen LogP contribution in [0.4, 0.5) is 8.78 Å². The van der Waals surface area contributed by atoms with E-state index in [2.05, 4.69) is 5.10 Å². The van der Waals surface area contributed by atoms with E-state index in [9.17, 15) is 8.78 Å². The molecule has 5 heteroatoms. The Morgan fingerprint density at radius 2 is 2.06 bits per heavy atom. The minimum absolute atomic E-state index is 0.0337. The fourth-order valence-corrected chi connectivity index (χ4v) is 1.67. The van der Waals surface area contributed by atoms with Crippen molar-refractivity contribution in [3.63, 3.8) is 0 Å². The molecule has 0 spiro atoms. The second-order valence-corrected chi connectivity index (χ2v) is 3.53. The molecule has 1 aromatic carbocycles. The normalized spacial score (nSPS) is 11.1. The summed E-state index contributed by atoms with van der Waals surface area (Å²) in [7, 11) is 1.55. The van der Waals surface area contributed by atoms with Gasteiger partial charge in [-0.1, -0.05) is 18.2 Å². The minimum atomic E-state index is -2.52. The van der Waals surface area contributed by atoms with E-state index in [0.717, 1.165) is 5.69 Å². The third-order valence-electron chi connectivity index (χ3n) is 2.41. The lowest BCUT2D eigenvalue weighted by atomic mass is 10.2. The molecule has 1 heterocycles. The summed E-state index contributed by atoms with van der Waals surface area (Å²) in [6.45, 7) is 0.331. The highest BCUT2D eigenvalue weighted by molar-refractivity contribution is 5.42. The number of benzene rings is 1. The van der Waals surface area contributed by atoms with Gasteiger partial charge in [0.15, 0.2) is 0 Å². The molecule has 0 aliphatic rings. The Labute approximate surface area is 97.6 Å². The summed E-state index contributed by atoms with van der Waals surface area (Å²) in [6.07, 6.45) is -0.956. The van der Waals surface area contributed by atoms with Gasteiger partial charge in [0.25, 0.3) is 6.43 Å². The molecule has 0 amide bonds. The molecule has 17 heavy (non-hydrogen) atoms. The lowest BCUT2D eigenvalue weighted by Crippen LogP contribution is -2.06. The molecule has 90 valence electrons. The number of ether oxygens (including phenoxy) is 1. The van der Waals surface area contributed by atoms with Crippen LogP contribution in [0.5, 0.6) is 0 Å². The fourth-order valence-electron chi connectivity index (χ4n) is 1.67. The third-order valence-corrected chi connectivity index (χ3v) is 2.41. The molecule has 0 N–H and O–H groups in total. The number of aromatic nitrogens is 2. The number of methoxy groups -OCH3 is 1. The number of hydrogen-bond donors (Lipinski definition) is 0. The van der Waals surface area contributed by atoms with Crippen LogP contribution in [0.25, 0.3) is 5.69 Å². The molecule has 0 bridgehead atoms. The minimum Gasteiger partial charge on any atom is -0.378 e. The van der Waals surface area contributed by atoms with E-state index in [1.165, 1.54) is 10.7 Å². The highest BCUT2D eigenvalue weighted by atomic mass is 19.3. The maximum absolute atomic E-state index is 12.9. The number of alkyl halides is 2. The lowest BCUT2D eigenvalue weighted by Gasteiger charge is -2.11. The maximum atomic E-state index is 12.9. The van der Waals surface area contributed by atoms with Crippen molar-refractivity contribution in [3.05, 3.63) is 47.8 Å². The second kappa shape index (κ2) is 5.05. The van der Waals surface area contributed by atoms with Crippen molar-refractivity contribution < 1.29 is 13.5 Å². The summed E-state index contributed by atoms with van der Waals surface area (Å²) in [6, 6.07) is 8.06. The lowest BCUT2D eigenvalue weighted by molar-refractivity contribution is 0.150. The van der Waals surface area contributed by atoms with Crippen LogP contribution in [-0.4, -0.2) is 16.9 Å². The maximum Gasteiger partial charge on any atom is 0.265 e. The van der Waals surface area contributed by atoms with Gasteiger partial charge in [-0.05, 0) is 12.1 Å². The summed E-state index contributed by atoms with van der Waals surface area (Å²) in [5.74, 6) is 0. The molecule has 0 saturated heterocycles. The summed E-state index contributed by atoms with van der Waals surface area (Å²) < 4.78 is 32.2. The molecule has 2 aromatic rings. The van der Waals surface area contributed by atoms with Gasteiger partial charge >= 0.3 is 0 Å². The van der Waals surface area contributed by atoms with Crippen molar-refractivity contribution in [2.75, 3.05) is 7.11 Å². The Bertz CT molecular complexity index is 497. The highest BCUT2D eigenvalue weighted by Crippen LogP contribution is 2.26. The van der Waals surface area contributed by atoms with Gasteiger partial charge in [0, 0.05) is 18.9 Å². The molecule has 0 radical (unpaired) electrons. The van der Waals surface area contributed by atoms with Gasteiger partial charge in [0.2, 0.25) is 0 Å². The molecule has 1 aromatic heterocycles. The Morgan fingerprint density at radius 3 is 2.76 bits per heavy atom. The summed E-state index contributed by atoms with van der Waals surface area (Å²) >= 11 is 0. The van der Waals surface area contributed by atoms with Crippen molar-refractivity contribution in [1.82, 2.24) is 9.78 Å². The van der Waals surface area contributed by atoms with Crippen molar-refractivity contribution >= 4 is 0 Å². The predicted octanol–water partition coefficient (Wildman–Crippen LogP) is 2.96. The molecular weight excluding hydrogens is 226 g/mol. The Kier molecular flexibility index (Phi) is 3.49. The van der Waals surface area contributed by atoms with Crippen LogP contribution in [-0.2, 0) is 11.3 Å². The average molecular weight is 238 g/mol. The first kappa shape index (κ1) is 11.7. The molecular formula is C12H12F2N2O. The second-order valence-electron chi connectivity index (χ2n) is 3.53. The van der Waals surface area contributed by atoms with Gasteiger partial charge in [-0.25, -0.2) is 13.5 Å². The summed E-state index contributed by atoms with van der Waals surface area (Å²) in [5, 5.41) is 4.05. The summed E-state index contributed by atoms with van der Waals surface area (Å²) in [4.78, 5) is 0. The first-order chi connectivity index (χ1) is 8.24. The topological polar surface area (TPSA) is 27.1 Å². The van der Waals surface area contributed by atoms with Gasteiger partial charge in [-0.3, -0.25) is 0 Å².